The lowest BCUT2D eigenvalue weighted by atomic mass is 10.2. The Kier molecular flexibility index (Phi) is 4.62. The normalized spacial score (nSPS) is 11.3. The maximum atomic E-state index is 13.6. The summed E-state index contributed by atoms with van der Waals surface area (Å²) in [7, 11) is -3.05. The van der Waals surface area contributed by atoms with Gasteiger partial charge >= 0.3 is 0 Å². The number of ether oxygens (including phenoxy) is 1. The van der Waals surface area contributed by atoms with Gasteiger partial charge in [-0.05, 0) is 30.3 Å². The predicted octanol–water partition coefficient (Wildman–Crippen LogP) is 2.11. The number of hydrogen-bond donors (Lipinski definition) is 1. The lowest BCUT2D eigenvalue weighted by molar-refractivity contribution is -0.386. The quantitative estimate of drug-likeness (QED) is 0.912. The second-order valence-corrected chi connectivity index (χ2v) is 5.94. The monoisotopic (exact) mass is 328 g/mol. The van der Waals surface area contributed by atoms with Crippen molar-refractivity contribution in [3.05, 3.63) is 58.3 Å². The number of methoxy groups -OCH3 is 1. The van der Waals surface area contributed by atoms with Crippen molar-refractivity contribution in [3.63, 3.8) is 0 Å². The molecule has 2 aromatic rings. The first kappa shape index (κ1) is 16.2. The molecule has 0 unspecified atom stereocenters. The van der Waals surface area contributed by atoms with Gasteiger partial charge in [-0.2, -0.15) is 0 Å². The third-order valence-electron chi connectivity index (χ3n) is 2.94. The molecule has 0 aliphatic carbocycles. The van der Waals surface area contributed by atoms with Gasteiger partial charge in [0.15, 0.2) is 0 Å². The minimum absolute atomic E-state index is 0.0395. The molecule has 0 atom stereocenters. The lowest BCUT2D eigenvalue weighted by Gasteiger charge is -2.24. The van der Waals surface area contributed by atoms with Crippen molar-refractivity contribution in [2.75, 3.05) is 7.11 Å². The van der Waals surface area contributed by atoms with E-state index in [4.69, 9.17) is 4.74 Å². The maximum Gasteiger partial charge on any atom is 0.136 e. The van der Waals surface area contributed by atoms with Gasteiger partial charge in [0.25, 0.3) is 0 Å². The smallest absolute Gasteiger partial charge is 0.136 e. The van der Waals surface area contributed by atoms with E-state index in [-0.39, 0.29) is 10.6 Å². The van der Waals surface area contributed by atoms with Crippen molar-refractivity contribution >= 4 is 15.7 Å². The van der Waals surface area contributed by atoms with Gasteiger partial charge in [0.1, 0.15) is 27.4 Å². The molecule has 3 N–H and O–H groups in total. The molecule has 0 spiro atoms. The number of halogens is 2. The Balaban J connectivity index is 2.51. The Hall–Kier alpha value is -2.19. The first-order chi connectivity index (χ1) is 10.4. The van der Waals surface area contributed by atoms with Gasteiger partial charge in [-0.15, -0.1) is 0 Å². The molecular weight excluding hydrogens is 314 g/mol. The topological polar surface area (TPSA) is 85.1 Å². The van der Waals surface area contributed by atoms with Crippen molar-refractivity contribution in [2.24, 2.45) is 0 Å². The molecule has 0 amide bonds. The van der Waals surface area contributed by atoms with Gasteiger partial charge in [-0.3, -0.25) is 0 Å². The number of rotatable bonds is 5. The van der Waals surface area contributed by atoms with E-state index in [2.05, 4.69) is 10.5 Å². The fourth-order valence-electron chi connectivity index (χ4n) is 1.82. The molecule has 0 fully saturated rings. The summed E-state index contributed by atoms with van der Waals surface area (Å²) in [5.41, 5.74) is 3.43. The van der Waals surface area contributed by atoms with E-state index in [0.717, 1.165) is 18.2 Å². The van der Waals surface area contributed by atoms with Gasteiger partial charge in [0.2, 0.25) is 0 Å². The molecule has 0 aromatic heterocycles. The summed E-state index contributed by atoms with van der Waals surface area (Å²) in [5, 5.41) is 0. The van der Waals surface area contributed by atoms with Crippen molar-refractivity contribution in [3.8, 4) is 5.75 Å². The fraction of sp³-hybridized carbons (Fsp3) is 0.143. The average molecular weight is 328 g/mol. The van der Waals surface area contributed by atoms with Crippen molar-refractivity contribution in [2.45, 2.75) is 11.4 Å². The average Bonchev–Trinajstić information content (AvgIpc) is 2.50. The Morgan fingerprint density at radius 2 is 1.82 bits per heavy atom. The predicted molar refractivity (Wildman–Crippen MR) is 76.1 cm³/mol. The van der Waals surface area contributed by atoms with Gasteiger partial charge in [0.05, 0.1) is 18.6 Å². The first-order valence-corrected chi connectivity index (χ1v) is 7.71. The van der Waals surface area contributed by atoms with Crippen molar-refractivity contribution in [1.82, 2.24) is 0 Å². The standard InChI is InChI=1S/C14H13F2N2O3S/c1-21-12-6-5-9(8-17)7-13(12)22(19,20)18-14-10(15)3-2-4-11(14)16/h2-7H,8,17H2,1H3/q-1/p+1. The fourth-order valence-corrected chi connectivity index (χ4v) is 3.04. The third-order valence-corrected chi connectivity index (χ3v) is 4.24. The Bertz CT molecular complexity index is 774. The van der Waals surface area contributed by atoms with E-state index in [1.165, 1.54) is 19.2 Å². The Morgan fingerprint density at radius 1 is 1.18 bits per heavy atom. The van der Waals surface area contributed by atoms with Gasteiger partial charge in [-0.1, -0.05) is 11.8 Å². The van der Waals surface area contributed by atoms with Crippen LogP contribution < -0.4 is 10.5 Å². The van der Waals surface area contributed by atoms with Crippen LogP contribution in [0, 0.1) is 11.6 Å². The zero-order valence-corrected chi connectivity index (χ0v) is 12.5. The van der Waals surface area contributed by atoms with E-state index in [9.17, 15) is 17.2 Å². The summed E-state index contributed by atoms with van der Waals surface area (Å²) in [4.78, 5) is -0.265. The molecule has 0 saturated heterocycles. The van der Waals surface area contributed by atoms with E-state index >= 15 is 0 Å². The van der Waals surface area contributed by atoms with Crippen LogP contribution in [0.25, 0.3) is 4.72 Å². The van der Waals surface area contributed by atoms with Crippen molar-refractivity contribution < 1.29 is 27.7 Å². The molecule has 5 nitrogen and oxygen atoms in total. The van der Waals surface area contributed by atoms with Gasteiger partial charge < -0.3 is 15.2 Å². The largest absolute Gasteiger partial charge is 0.568 e. The molecule has 118 valence electrons. The molecule has 2 rings (SSSR count). The Labute approximate surface area is 126 Å². The zero-order valence-electron chi connectivity index (χ0n) is 11.7. The first-order valence-electron chi connectivity index (χ1n) is 6.27. The SMILES string of the molecule is COc1ccc(C[NH3+])cc1S(=O)(=O)[N-]c1c(F)cccc1F. The van der Waals surface area contributed by atoms with Crippen molar-refractivity contribution in [1.29, 1.82) is 0 Å². The molecule has 8 heteroatoms. The molecule has 2 aromatic carbocycles. The van der Waals surface area contributed by atoms with Gasteiger partial charge in [0, 0.05) is 5.56 Å². The number of quaternary nitrogens is 1. The van der Waals surface area contributed by atoms with Crippen LogP contribution in [-0.4, -0.2) is 15.5 Å². The Morgan fingerprint density at radius 3 is 2.36 bits per heavy atom. The van der Waals surface area contributed by atoms with Crippen LogP contribution in [0.3, 0.4) is 0 Å². The minimum Gasteiger partial charge on any atom is -0.568 e. The van der Waals surface area contributed by atoms with Crippen LogP contribution in [0.1, 0.15) is 5.56 Å². The molecule has 0 aliphatic rings. The molecule has 0 bridgehead atoms. The number of nitrogens with zero attached hydrogens (tertiary/aromatic N) is 1. The summed E-state index contributed by atoms with van der Waals surface area (Å²) in [5.74, 6) is -2.08. The highest BCUT2D eigenvalue weighted by Crippen LogP contribution is 2.36. The van der Waals surface area contributed by atoms with E-state index in [1.807, 2.05) is 0 Å². The molecule has 0 aliphatic heterocycles. The number of sulfonamides is 1. The van der Waals surface area contributed by atoms with E-state index in [0.29, 0.717) is 12.1 Å². The van der Waals surface area contributed by atoms with Crippen LogP contribution in [0.5, 0.6) is 5.75 Å². The molecular formula is C14H14F2N2O3S. The highest BCUT2D eigenvalue weighted by atomic mass is 32.2. The summed E-state index contributed by atoms with van der Waals surface area (Å²) < 4.78 is 60.1. The third kappa shape index (κ3) is 3.18. The van der Waals surface area contributed by atoms with E-state index in [1.54, 1.807) is 6.07 Å². The summed E-state index contributed by atoms with van der Waals surface area (Å²) in [6, 6.07) is 7.40. The molecule has 22 heavy (non-hydrogen) atoms. The lowest BCUT2D eigenvalue weighted by Crippen LogP contribution is -2.47. The van der Waals surface area contributed by atoms with Crippen LogP contribution in [-0.2, 0) is 16.6 Å². The molecule has 0 saturated carbocycles. The number of benzene rings is 2. The van der Waals surface area contributed by atoms with E-state index < -0.39 is 27.3 Å². The van der Waals surface area contributed by atoms with Crippen LogP contribution in [0.2, 0.25) is 0 Å². The molecule has 0 heterocycles. The summed E-state index contributed by atoms with van der Waals surface area (Å²) >= 11 is 0. The number of hydrogen-bond acceptors (Lipinski definition) is 3. The summed E-state index contributed by atoms with van der Waals surface area (Å²) in [6.07, 6.45) is 0. The minimum atomic E-state index is -4.34. The molecule has 0 radical (unpaired) electrons. The second kappa shape index (κ2) is 6.29. The maximum absolute atomic E-state index is 13.6. The van der Waals surface area contributed by atoms with Crippen LogP contribution >= 0.6 is 0 Å². The highest BCUT2D eigenvalue weighted by molar-refractivity contribution is 7.94. The second-order valence-electron chi connectivity index (χ2n) is 4.37. The highest BCUT2D eigenvalue weighted by Gasteiger charge is 2.15. The van der Waals surface area contributed by atoms with Crippen LogP contribution in [0.4, 0.5) is 14.5 Å². The zero-order chi connectivity index (χ0) is 16.3. The summed E-state index contributed by atoms with van der Waals surface area (Å²) in [6.45, 7) is 0.348. The van der Waals surface area contributed by atoms with Crippen LogP contribution in [0.15, 0.2) is 41.3 Å². The van der Waals surface area contributed by atoms with Gasteiger partial charge in [-0.25, -0.2) is 17.2 Å².